The molecule has 2 aromatic rings. The third-order valence-electron chi connectivity index (χ3n) is 5.65. The molecule has 164 valence electrons. The molecule has 1 N–H and O–H groups in total. The molecule has 2 aliphatic heterocycles. The Balaban J connectivity index is 1.32. The van der Waals surface area contributed by atoms with Crippen LogP contribution in [0.5, 0.6) is 17.2 Å². The number of likely N-dealkylation sites (tertiary alicyclic amines) is 1. The summed E-state index contributed by atoms with van der Waals surface area (Å²) in [5.41, 5.74) is 1.33. The van der Waals surface area contributed by atoms with Gasteiger partial charge in [-0.25, -0.2) is 0 Å². The van der Waals surface area contributed by atoms with Crippen LogP contribution in [0.25, 0.3) is 0 Å². The molecule has 0 saturated carbocycles. The van der Waals surface area contributed by atoms with Gasteiger partial charge in [-0.1, -0.05) is 23.7 Å². The Bertz CT molecular complexity index is 972. The van der Waals surface area contributed by atoms with E-state index in [9.17, 15) is 9.59 Å². The highest BCUT2D eigenvalue weighted by Crippen LogP contribution is 2.33. The van der Waals surface area contributed by atoms with Crippen molar-refractivity contribution < 1.29 is 23.8 Å². The Morgan fingerprint density at radius 3 is 2.71 bits per heavy atom. The van der Waals surface area contributed by atoms with Gasteiger partial charge < -0.3 is 24.4 Å². The minimum Gasteiger partial charge on any atom is -0.496 e. The van der Waals surface area contributed by atoms with Crippen molar-refractivity contribution in [2.24, 2.45) is 5.92 Å². The SMILES string of the molecule is COc1ccc(Cl)cc1C(=O)N1CCC(C(=O)NCc2cccc3c2OCCO3)CC1. The minimum atomic E-state index is -0.137. The summed E-state index contributed by atoms with van der Waals surface area (Å²) in [4.78, 5) is 27.4. The molecule has 0 spiro atoms. The van der Waals surface area contributed by atoms with Gasteiger partial charge in [0.2, 0.25) is 5.91 Å². The number of carbonyl (C=O) groups is 2. The molecule has 0 unspecified atom stereocenters. The molecular formula is C23H25ClN2O5. The highest BCUT2D eigenvalue weighted by Gasteiger charge is 2.29. The van der Waals surface area contributed by atoms with E-state index in [-0.39, 0.29) is 17.7 Å². The number of carbonyl (C=O) groups excluding carboxylic acids is 2. The number of hydrogen-bond donors (Lipinski definition) is 1. The maximum atomic E-state index is 12.9. The molecule has 31 heavy (non-hydrogen) atoms. The van der Waals surface area contributed by atoms with E-state index < -0.39 is 0 Å². The molecule has 8 heteroatoms. The highest BCUT2D eigenvalue weighted by atomic mass is 35.5. The van der Waals surface area contributed by atoms with Crippen LogP contribution < -0.4 is 19.5 Å². The lowest BCUT2D eigenvalue weighted by molar-refractivity contribution is -0.126. The van der Waals surface area contributed by atoms with Crippen molar-refractivity contribution in [3.63, 3.8) is 0 Å². The molecule has 0 atom stereocenters. The number of nitrogens with zero attached hydrogens (tertiary/aromatic N) is 1. The van der Waals surface area contributed by atoms with Crippen molar-refractivity contribution in [1.29, 1.82) is 0 Å². The second kappa shape index (κ2) is 9.47. The third-order valence-corrected chi connectivity index (χ3v) is 5.88. The fraction of sp³-hybridized carbons (Fsp3) is 0.391. The summed E-state index contributed by atoms with van der Waals surface area (Å²) < 4.78 is 16.6. The van der Waals surface area contributed by atoms with Crippen LogP contribution in [0.3, 0.4) is 0 Å². The van der Waals surface area contributed by atoms with Crippen molar-refractivity contribution in [1.82, 2.24) is 10.2 Å². The predicted molar refractivity (Wildman–Crippen MR) is 116 cm³/mol. The van der Waals surface area contributed by atoms with E-state index in [1.54, 1.807) is 23.1 Å². The van der Waals surface area contributed by atoms with Crippen molar-refractivity contribution in [3.05, 3.63) is 52.5 Å². The number of ether oxygens (including phenoxy) is 3. The molecule has 0 aliphatic carbocycles. The van der Waals surface area contributed by atoms with E-state index in [2.05, 4.69) is 5.32 Å². The Morgan fingerprint density at radius 2 is 1.94 bits per heavy atom. The maximum Gasteiger partial charge on any atom is 0.257 e. The summed E-state index contributed by atoms with van der Waals surface area (Å²) in [6.45, 7) is 2.42. The number of halogens is 1. The van der Waals surface area contributed by atoms with Gasteiger partial charge in [-0.15, -0.1) is 0 Å². The van der Waals surface area contributed by atoms with Crippen LogP contribution in [0.2, 0.25) is 5.02 Å². The molecule has 1 saturated heterocycles. The van der Waals surface area contributed by atoms with Gasteiger partial charge in [0.1, 0.15) is 19.0 Å². The van der Waals surface area contributed by atoms with Gasteiger partial charge in [0.25, 0.3) is 5.91 Å². The zero-order valence-electron chi connectivity index (χ0n) is 17.4. The number of methoxy groups -OCH3 is 1. The molecule has 2 heterocycles. The van der Waals surface area contributed by atoms with E-state index >= 15 is 0 Å². The molecule has 0 bridgehead atoms. The highest BCUT2D eigenvalue weighted by molar-refractivity contribution is 6.31. The molecule has 0 radical (unpaired) electrons. The molecule has 2 aliphatic rings. The lowest BCUT2D eigenvalue weighted by Gasteiger charge is -2.31. The Kier molecular flexibility index (Phi) is 6.51. The topological polar surface area (TPSA) is 77.1 Å². The fourth-order valence-electron chi connectivity index (χ4n) is 3.96. The zero-order valence-corrected chi connectivity index (χ0v) is 18.1. The number of rotatable bonds is 5. The molecule has 2 amide bonds. The number of benzene rings is 2. The van der Waals surface area contributed by atoms with E-state index in [1.165, 1.54) is 7.11 Å². The van der Waals surface area contributed by atoms with Gasteiger partial charge in [-0.3, -0.25) is 9.59 Å². The van der Waals surface area contributed by atoms with Crippen molar-refractivity contribution in [3.8, 4) is 17.2 Å². The number of fused-ring (bicyclic) bond motifs is 1. The van der Waals surface area contributed by atoms with E-state index in [0.717, 1.165) is 5.56 Å². The van der Waals surface area contributed by atoms with Gasteiger partial charge in [0.15, 0.2) is 11.5 Å². The summed E-state index contributed by atoms with van der Waals surface area (Å²) >= 11 is 6.06. The Labute approximate surface area is 186 Å². The van der Waals surface area contributed by atoms with Gasteiger partial charge in [-0.05, 0) is 37.1 Å². The quantitative estimate of drug-likeness (QED) is 0.765. The van der Waals surface area contributed by atoms with Crippen molar-refractivity contribution in [2.75, 3.05) is 33.4 Å². The molecular weight excluding hydrogens is 420 g/mol. The van der Waals surface area contributed by atoms with Gasteiger partial charge in [0.05, 0.1) is 12.7 Å². The van der Waals surface area contributed by atoms with Gasteiger partial charge >= 0.3 is 0 Å². The van der Waals surface area contributed by atoms with Crippen LogP contribution in [-0.2, 0) is 11.3 Å². The second-order valence-corrected chi connectivity index (χ2v) is 8.01. The first kappa shape index (κ1) is 21.3. The van der Waals surface area contributed by atoms with Crippen molar-refractivity contribution in [2.45, 2.75) is 19.4 Å². The number of para-hydroxylation sites is 1. The molecule has 7 nitrogen and oxygen atoms in total. The summed E-state index contributed by atoms with van der Waals surface area (Å²) in [7, 11) is 1.53. The van der Waals surface area contributed by atoms with E-state index in [0.29, 0.717) is 73.5 Å². The predicted octanol–water partition coefficient (Wildman–Crippen LogP) is 3.29. The van der Waals surface area contributed by atoms with Crippen LogP contribution in [0.15, 0.2) is 36.4 Å². The average Bonchev–Trinajstić information content (AvgIpc) is 2.82. The summed E-state index contributed by atoms with van der Waals surface area (Å²) in [5.74, 6) is 1.62. The monoisotopic (exact) mass is 444 g/mol. The minimum absolute atomic E-state index is 0.0123. The van der Waals surface area contributed by atoms with E-state index in [1.807, 2.05) is 18.2 Å². The molecule has 4 rings (SSSR count). The molecule has 1 fully saturated rings. The van der Waals surface area contributed by atoms with Crippen LogP contribution >= 0.6 is 11.6 Å². The fourth-order valence-corrected chi connectivity index (χ4v) is 4.13. The number of hydrogen-bond acceptors (Lipinski definition) is 5. The van der Waals surface area contributed by atoms with Gasteiger partial charge in [-0.2, -0.15) is 0 Å². The average molecular weight is 445 g/mol. The normalized spacial score (nSPS) is 16.0. The summed E-state index contributed by atoms with van der Waals surface area (Å²) in [6.07, 6.45) is 1.21. The van der Waals surface area contributed by atoms with E-state index in [4.69, 9.17) is 25.8 Å². The Hall–Kier alpha value is -2.93. The summed E-state index contributed by atoms with van der Waals surface area (Å²) in [6, 6.07) is 10.7. The summed E-state index contributed by atoms with van der Waals surface area (Å²) in [5, 5.41) is 3.49. The standard InChI is InChI=1S/C23H25ClN2O5/c1-29-19-6-5-17(24)13-18(19)23(28)26-9-7-15(8-10-26)22(27)25-14-16-3-2-4-20-21(16)31-12-11-30-20/h2-6,13,15H,7-12,14H2,1H3,(H,25,27). The van der Waals surface area contributed by atoms with Crippen LogP contribution in [0.4, 0.5) is 0 Å². The first-order valence-corrected chi connectivity index (χ1v) is 10.7. The van der Waals surface area contributed by atoms with Gasteiger partial charge in [0, 0.05) is 36.1 Å². The maximum absolute atomic E-state index is 12.9. The van der Waals surface area contributed by atoms with Crippen LogP contribution in [-0.4, -0.2) is 50.1 Å². The first-order valence-electron chi connectivity index (χ1n) is 10.3. The Morgan fingerprint density at radius 1 is 1.16 bits per heavy atom. The lowest BCUT2D eigenvalue weighted by Crippen LogP contribution is -2.43. The third kappa shape index (κ3) is 4.71. The molecule has 2 aromatic carbocycles. The number of nitrogens with one attached hydrogen (secondary N) is 1. The van der Waals surface area contributed by atoms with Crippen molar-refractivity contribution >= 4 is 23.4 Å². The zero-order chi connectivity index (χ0) is 21.8. The number of amides is 2. The second-order valence-electron chi connectivity index (χ2n) is 7.57. The first-order chi connectivity index (χ1) is 15.1. The van der Waals surface area contributed by atoms with Crippen LogP contribution in [0.1, 0.15) is 28.8 Å². The lowest BCUT2D eigenvalue weighted by atomic mass is 9.95. The van der Waals surface area contributed by atoms with Crippen LogP contribution in [0, 0.1) is 5.92 Å². The number of piperidine rings is 1. The molecule has 0 aromatic heterocycles. The largest absolute Gasteiger partial charge is 0.496 e. The smallest absolute Gasteiger partial charge is 0.257 e.